The highest BCUT2D eigenvalue weighted by Crippen LogP contribution is 2.68. The Hall–Kier alpha value is -0.650. The number of aliphatic hydroxyl groups is 2. The molecule has 0 spiro atoms. The smallest absolute Gasteiger partial charge is 0.222 e. The molecule has 0 aromatic rings. The highest BCUT2D eigenvalue weighted by Gasteiger charge is 2.63. The molecule has 5 nitrogen and oxygen atoms in total. The second kappa shape index (κ2) is 11.1. The van der Waals surface area contributed by atoms with Crippen molar-refractivity contribution >= 4 is 5.91 Å². The molecule has 0 aromatic carbocycles. The fourth-order valence-electron chi connectivity index (χ4n) is 10.5. The van der Waals surface area contributed by atoms with Crippen LogP contribution in [0.1, 0.15) is 105 Å². The molecular formula is C32H56N2O3. The third-order valence-electron chi connectivity index (χ3n) is 12.9. The molecule has 37 heavy (non-hydrogen) atoms. The van der Waals surface area contributed by atoms with E-state index in [9.17, 15) is 15.0 Å². The van der Waals surface area contributed by atoms with Gasteiger partial charge in [-0.1, -0.05) is 34.1 Å². The van der Waals surface area contributed by atoms with Crippen molar-refractivity contribution in [3.63, 3.8) is 0 Å². The van der Waals surface area contributed by atoms with Gasteiger partial charge in [0.25, 0.3) is 0 Å². The molecule has 5 unspecified atom stereocenters. The van der Waals surface area contributed by atoms with Crippen molar-refractivity contribution in [3.8, 4) is 0 Å². The predicted octanol–water partition coefficient (Wildman–Crippen LogP) is 5.34. The molecule has 1 amide bonds. The first-order chi connectivity index (χ1) is 17.7. The summed E-state index contributed by atoms with van der Waals surface area (Å²) in [6, 6.07) is 0. The first kappa shape index (κ1) is 27.9. The number of rotatable bonds is 7. The fraction of sp³-hybridized carbons (Fsp3) is 0.969. The zero-order valence-electron chi connectivity index (χ0n) is 24.3. The molecule has 1 aliphatic heterocycles. The van der Waals surface area contributed by atoms with E-state index in [0.717, 1.165) is 64.2 Å². The van der Waals surface area contributed by atoms with E-state index in [4.69, 9.17) is 0 Å². The fourth-order valence-corrected chi connectivity index (χ4v) is 10.5. The van der Waals surface area contributed by atoms with E-state index < -0.39 is 0 Å². The Balaban J connectivity index is 1.18. The maximum absolute atomic E-state index is 13.1. The van der Waals surface area contributed by atoms with Crippen molar-refractivity contribution < 1.29 is 15.0 Å². The molecule has 5 aliphatic rings. The first-order valence-corrected chi connectivity index (χ1v) is 16.0. The third kappa shape index (κ3) is 5.04. The molecule has 2 N–H and O–H groups in total. The van der Waals surface area contributed by atoms with Crippen LogP contribution in [0, 0.1) is 46.3 Å². The number of aliphatic hydroxyl groups excluding tert-OH is 2. The largest absolute Gasteiger partial charge is 0.393 e. The second-order valence-corrected chi connectivity index (χ2v) is 14.5. The second-order valence-electron chi connectivity index (χ2n) is 14.5. The van der Waals surface area contributed by atoms with E-state index in [2.05, 4.69) is 37.5 Å². The van der Waals surface area contributed by atoms with Crippen molar-refractivity contribution in [2.24, 2.45) is 46.3 Å². The lowest BCUT2D eigenvalue weighted by molar-refractivity contribution is -0.175. The van der Waals surface area contributed by atoms with E-state index >= 15 is 0 Å². The Morgan fingerprint density at radius 1 is 0.973 bits per heavy atom. The molecule has 0 bridgehead atoms. The van der Waals surface area contributed by atoms with Gasteiger partial charge in [0.05, 0.1) is 12.2 Å². The van der Waals surface area contributed by atoms with Gasteiger partial charge in [0.15, 0.2) is 0 Å². The van der Waals surface area contributed by atoms with Gasteiger partial charge in [0.2, 0.25) is 5.91 Å². The third-order valence-corrected chi connectivity index (χ3v) is 12.9. The Kier molecular flexibility index (Phi) is 8.36. The Morgan fingerprint density at radius 3 is 2.46 bits per heavy atom. The van der Waals surface area contributed by atoms with Gasteiger partial charge in [0.1, 0.15) is 0 Å². The van der Waals surface area contributed by atoms with Crippen LogP contribution >= 0.6 is 0 Å². The predicted molar refractivity (Wildman–Crippen MR) is 149 cm³/mol. The number of hydrogen-bond acceptors (Lipinski definition) is 4. The first-order valence-electron chi connectivity index (χ1n) is 16.0. The normalized spacial score (nSPS) is 45.1. The highest BCUT2D eigenvalue weighted by molar-refractivity contribution is 5.76. The Morgan fingerprint density at radius 2 is 1.73 bits per heavy atom. The van der Waals surface area contributed by atoms with Crippen molar-refractivity contribution in [1.29, 1.82) is 0 Å². The molecule has 10 atom stereocenters. The summed E-state index contributed by atoms with van der Waals surface area (Å²) >= 11 is 0. The highest BCUT2D eigenvalue weighted by atomic mass is 16.3. The van der Waals surface area contributed by atoms with Crippen LogP contribution in [0.25, 0.3) is 0 Å². The Bertz CT molecular complexity index is 797. The summed E-state index contributed by atoms with van der Waals surface area (Å²) in [5.74, 6) is 3.93. The molecule has 4 saturated carbocycles. The number of carbonyl (C=O) groups is 1. The van der Waals surface area contributed by atoms with Crippen molar-refractivity contribution in [3.05, 3.63) is 0 Å². The van der Waals surface area contributed by atoms with Crippen LogP contribution in [0.5, 0.6) is 0 Å². The van der Waals surface area contributed by atoms with Crippen molar-refractivity contribution in [2.75, 3.05) is 32.7 Å². The van der Waals surface area contributed by atoms with Gasteiger partial charge in [0, 0.05) is 32.6 Å². The summed E-state index contributed by atoms with van der Waals surface area (Å²) in [4.78, 5) is 17.7. The van der Waals surface area contributed by atoms with Gasteiger partial charge in [-0.05, 0) is 117 Å². The van der Waals surface area contributed by atoms with E-state index in [1.807, 2.05) is 0 Å². The van der Waals surface area contributed by atoms with E-state index in [1.165, 1.54) is 45.1 Å². The average Bonchev–Trinajstić information content (AvgIpc) is 3.26. The van der Waals surface area contributed by atoms with Gasteiger partial charge >= 0.3 is 0 Å². The van der Waals surface area contributed by atoms with Crippen molar-refractivity contribution in [1.82, 2.24) is 9.80 Å². The van der Waals surface area contributed by atoms with E-state index in [1.54, 1.807) is 0 Å². The number of hydrogen-bond donors (Lipinski definition) is 2. The van der Waals surface area contributed by atoms with Gasteiger partial charge in [-0.2, -0.15) is 0 Å². The molecule has 212 valence electrons. The summed E-state index contributed by atoms with van der Waals surface area (Å²) in [5, 5.41) is 22.1. The molecule has 4 aliphatic carbocycles. The number of fused-ring (bicyclic) bond motifs is 5. The molecule has 5 rings (SSSR count). The van der Waals surface area contributed by atoms with Crippen LogP contribution in [0.2, 0.25) is 0 Å². The lowest BCUT2D eigenvalue weighted by Gasteiger charge is -2.62. The molecule has 1 saturated heterocycles. The lowest BCUT2D eigenvalue weighted by Crippen LogP contribution is -2.58. The number of piperazine rings is 1. The van der Waals surface area contributed by atoms with Crippen LogP contribution in [0.3, 0.4) is 0 Å². The number of unbranched alkanes of at least 4 members (excludes halogenated alkanes) is 1. The monoisotopic (exact) mass is 516 g/mol. The maximum atomic E-state index is 13.1. The molecule has 1 heterocycles. The minimum absolute atomic E-state index is 0.00802. The summed E-state index contributed by atoms with van der Waals surface area (Å²) in [5.41, 5.74) is 0.285. The summed E-state index contributed by atoms with van der Waals surface area (Å²) in [6.07, 6.45) is 12.8. The van der Waals surface area contributed by atoms with Gasteiger partial charge < -0.3 is 15.1 Å². The van der Waals surface area contributed by atoms with E-state index in [0.29, 0.717) is 47.3 Å². The molecule has 5 heteroatoms. The Labute approximate surface area is 226 Å². The molecule has 5 fully saturated rings. The van der Waals surface area contributed by atoms with Crippen LogP contribution in [0.4, 0.5) is 0 Å². The number of carbonyl (C=O) groups excluding carboxylic acids is 1. The molecule has 0 aromatic heterocycles. The minimum atomic E-state index is -0.233. The van der Waals surface area contributed by atoms with Crippen molar-refractivity contribution in [2.45, 2.75) is 117 Å². The quantitative estimate of drug-likeness (QED) is 0.480. The zero-order valence-corrected chi connectivity index (χ0v) is 24.3. The summed E-state index contributed by atoms with van der Waals surface area (Å²) < 4.78 is 0. The van der Waals surface area contributed by atoms with E-state index in [-0.39, 0.29) is 17.6 Å². The molecular weight excluding hydrogens is 460 g/mol. The van der Waals surface area contributed by atoms with Crippen LogP contribution in [-0.2, 0) is 4.79 Å². The zero-order chi connectivity index (χ0) is 26.4. The minimum Gasteiger partial charge on any atom is -0.393 e. The average molecular weight is 517 g/mol. The summed E-state index contributed by atoms with van der Waals surface area (Å²) in [6.45, 7) is 14.5. The van der Waals surface area contributed by atoms with Crippen LogP contribution in [0.15, 0.2) is 0 Å². The lowest BCUT2D eigenvalue weighted by atomic mass is 9.43. The van der Waals surface area contributed by atoms with Gasteiger partial charge in [-0.15, -0.1) is 0 Å². The molecule has 0 radical (unpaired) electrons. The van der Waals surface area contributed by atoms with Gasteiger partial charge in [-0.25, -0.2) is 0 Å². The van der Waals surface area contributed by atoms with Crippen LogP contribution in [-0.4, -0.2) is 70.9 Å². The van der Waals surface area contributed by atoms with Gasteiger partial charge in [-0.3, -0.25) is 9.69 Å². The summed E-state index contributed by atoms with van der Waals surface area (Å²) in [7, 11) is 0. The number of nitrogens with zero attached hydrogens (tertiary/aromatic N) is 2. The maximum Gasteiger partial charge on any atom is 0.222 e. The van der Waals surface area contributed by atoms with Crippen LogP contribution < -0.4 is 0 Å². The topological polar surface area (TPSA) is 64.0 Å². The number of amides is 1. The SMILES string of the molecule is CCCCN1CCN(C(=O)CC[C@@H](C)C2CCC3C4CCC5C[C@H](O)CC[C@]5(C)C4C[C@H](O)[C@@]32C)CC1. The standard InChI is InChI=1S/C32H56N2O3/c1-5-6-15-33-16-18-34(19-17-33)30(37)12-7-22(2)26-10-11-27-25-9-8-23-20-24(35)13-14-31(23,3)28(25)21-29(36)32(26,27)4/h22-29,35-36H,5-21H2,1-4H3/t22-,23?,24-,25?,26?,27?,28?,29+,31+,32-/m1/s1.